The van der Waals surface area contributed by atoms with E-state index >= 15 is 0 Å². The highest BCUT2D eigenvalue weighted by atomic mass is 15.4. The fourth-order valence-electron chi connectivity index (χ4n) is 13.2. The fraction of sp³-hybridized carbons (Fsp3) is 0.0133. The predicted molar refractivity (Wildman–Crippen MR) is 359 cm³/mol. The Morgan fingerprint density at radius 3 is 1.31 bits per heavy atom. The quantitative estimate of drug-likeness (QED) is 0.132. The van der Waals surface area contributed by atoms with Crippen LogP contribution in [0.2, 0.25) is 0 Å². The van der Waals surface area contributed by atoms with Crippen molar-refractivity contribution in [2.24, 2.45) is 0 Å². The lowest BCUT2D eigenvalue weighted by Crippen LogP contribution is -2.51. The van der Waals surface area contributed by atoms with Gasteiger partial charge >= 0.3 is 7.12 Å². The van der Waals surface area contributed by atoms with Gasteiger partial charge in [0.25, 0.3) is 0 Å². The maximum Gasteiger partial charge on any atom is 0.519 e. The molecule has 11 nitrogen and oxygen atoms in total. The summed E-state index contributed by atoms with van der Waals surface area (Å²) in [4.78, 5) is 17.6. The van der Waals surface area contributed by atoms with Gasteiger partial charge in [-0.3, -0.25) is 17.9 Å². The van der Waals surface area contributed by atoms with E-state index in [-0.39, 0.29) is 7.12 Å². The summed E-state index contributed by atoms with van der Waals surface area (Å²) in [5.41, 5.74) is 24.6. The smallest absolute Gasteiger partial charge is 0.354 e. The number of nitrogens with one attached hydrogen (secondary N) is 2. The number of benzene rings is 12. The maximum absolute atomic E-state index is 5.12. The molecule has 87 heavy (non-hydrogen) atoms. The van der Waals surface area contributed by atoms with Gasteiger partial charge in [-0.25, -0.2) is 9.97 Å². The molecule has 412 valence electrons. The predicted octanol–water partition coefficient (Wildman–Crippen LogP) is 18.4. The molecule has 2 aliphatic heterocycles. The van der Waals surface area contributed by atoms with Crippen molar-refractivity contribution in [3.8, 4) is 11.4 Å². The lowest BCUT2D eigenvalue weighted by Gasteiger charge is -2.31. The van der Waals surface area contributed by atoms with E-state index in [1.54, 1.807) is 0 Å². The van der Waals surface area contributed by atoms with Crippen molar-refractivity contribution >= 4 is 120 Å². The Morgan fingerprint density at radius 2 is 0.713 bits per heavy atom. The molecule has 0 saturated heterocycles. The zero-order valence-electron chi connectivity index (χ0n) is 47.2. The third-order valence-electron chi connectivity index (χ3n) is 16.9. The Kier molecular flexibility index (Phi) is 11.8. The number of para-hydroxylation sites is 17. The zero-order chi connectivity index (χ0) is 57.4. The van der Waals surface area contributed by atoms with Crippen molar-refractivity contribution in [1.82, 2.24) is 27.9 Å². The van der Waals surface area contributed by atoms with Crippen LogP contribution in [0.3, 0.4) is 0 Å². The van der Waals surface area contributed by atoms with Crippen LogP contribution < -0.4 is 25.1 Å². The molecule has 0 fully saturated rings. The molecule has 4 aromatic heterocycles. The average molecular weight is 1120 g/mol. The number of hydrogen-bond donors (Lipinski definition) is 2. The number of fused-ring (bicyclic) bond motifs is 15. The first-order chi connectivity index (χ1) is 43.2. The normalized spacial score (nSPS) is 12.6. The van der Waals surface area contributed by atoms with Crippen LogP contribution in [-0.4, -0.2) is 35.0 Å². The molecule has 2 aliphatic rings. The maximum atomic E-state index is 5.12. The molecule has 12 aromatic carbocycles. The van der Waals surface area contributed by atoms with Crippen molar-refractivity contribution in [3.63, 3.8) is 0 Å². The Labute approximate surface area is 502 Å². The molecule has 12 heteroatoms. The van der Waals surface area contributed by atoms with E-state index in [1.165, 1.54) is 33.9 Å². The first-order valence-electron chi connectivity index (χ1n) is 29.5. The van der Waals surface area contributed by atoms with Gasteiger partial charge in [0, 0.05) is 28.4 Å². The van der Waals surface area contributed by atoms with Gasteiger partial charge in [-0.2, -0.15) is 0 Å². The lowest BCUT2D eigenvalue weighted by atomic mass is 9.86. The van der Waals surface area contributed by atoms with Gasteiger partial charge in [-0.05, 0) is 163 Å². The van der Waals surface area contributed by atoms with Crippen LogP contribution in [0.15, 0.2) is 303 Å². The van der Waals surface area contributed by atoms with Crippen LogP contribution in [0.25, 0.3) is 67.1 Å². The molecule has 0 saturated carbocycles. The van der Waals surface area contributed by atoms with Gasteiger partial charge in [0.1, 0.15) is 0 Å². The van der Waals surface area contributed by atoms with E-state index in [2.05, 4.69) is 322 Å². The van der Waals surface area contributed by atoms with Crippen molar-refractivity contribution in [2.75, 3.05) is 25.1 Å². The number of aromatic nitrogens is 6. The van der Waals surface area contributed by atoms with E-state index in [1.807, 2.05) is 24.3 Å². The lowest BCUT2D eigenvalue weighted by molar-refractivity contribution is 1.09. The van der Waals surface area contributed by atoms with Crippen LogP contribution in [0.5, 0.6) is 0 Å². The molecular formula is C75H54BN11. The monoisotopic (exact) mass is 1120 g/mol. The van der Waals surface area contributed by atoms with Gasteiger partial charge in [-0.15, -0.1) is 0 Å². The zero-order valence-corrected chi connectivity index (χ0v) is 47.2. The molecule has 16 aromatic rings. The van der Waals surface area contributed by atoms with Crippen molar-refractivity contribution < 1.29 is 0 Å². The highest BCUT2D eigenvalue weighted by Crippen LogP contribution is 2.56. The SMILES string of the molecule is c1ccc(N2B3N(c4cccc(-n5c6ccccc6n6c7ccccc7nc56)c4)c4ccccc4N3c3ccccc32)cc1.c1ccc(Nc2ccccc2Nc2ccccc2Cc2cccc(-n3c4ccccc4n4c5ccccc5nc34)c2)cc1. The van der Waals surface area contributed by atoms with Crippen molar-refractivity contribution in [1.29, 1.82) is 0 Å². The van der Waals surface area contributed by atoms with Crippen LogP contribution in [0, 0.1) is 0 Å². The summed E-state index contributed by atoms with van der Waals surface area (Å²) < 4.78 is 9.10. The summed E-state index contributed by atoms with van der Waals surface area (Å²) >= 11 is 0. The van der Waals surface area contributed by atoms with Gasteiger partial charge in [-0.1, -0.05) is 158 Å². The summed E-state index contributed by atoms with van der Waals surface area (Å²) in [6, 6.07) is 107. The van der Waals surface area contributed by atoms with Crippen molar-refractivity contribution in [2.45, 2.75) is 6.42 Å². The van der Waals surface area contributed by atoms with Crippen LogP contribution in [-0.2, 0) is 6.42 Å². The number of hydrogen-bond acceptors (Lipinski definition) is 7. The third-order valence-corrected chi connectivity index (χ3v) is 16.9. The Morgan fingerprint density at radius 1 is 0.299 bits per heavy atom. The third kappa shape index (κ3) is 8.29. The molecule has 6 heterocycles. The average Bonchev–Trinajstić information content (AvgIpc) is 1.64. The van der Waals surface area contributed by atoms with Gasteiger partial charge in [0.2, 0.25) is 11.6 Å². The molecule has 0 unspecified atom stereocenters. The number of rotatable bonds is 10. The van der Waals surface area contributed by atoms with Crippen LogP contribution in [0.4, 0.5) is 56.9 Å². The number of imidazole rings is 4. The second-order valence-electron chi connectivity index (χ2n) is 22.1. The molecule has 0 amide bonds. The standard InChI is InChI=1S/C38H29N5.C37H25BN6/c1-2-15-29(16-3-1)39-32-19-6-7-20-33(32)40-31-18-5-4-14-28(31)25-27-13-12-17-30(26-27)42-36-23-10-11-24-37(36)43-35-22-9-8-21-34(35)41-38(42)43;1-2-13-26(14-3-1)42-33-21-8-10-23-35(33)44-36-24-11-9-22-34(36)43(38(42)44)28-16-12-15-27(25-28)40-31-19-6-7-20-32(31)41-30-18-5-4-17-29(30)39-37(40)41/h1-24,26,39-40H,25H2;1-25H. The minimum absolute atomic E-state index is 0.0992. The highest BCUT2D eigenvalue weighted by molar-refractivity contribution is 6.80. The highest BCUT2D eigenvalue weighted by Gasteiger charge is 2.53. The topological polar surface area (TPSA) is 78.2 Å². The summed E-state index contributed by atoms with van der Waals surface area (Å²) in [6.07, 6.45) is 0.789. The molecule has 0 spiro atoms. The minimum atomic E-state index is -0.0992. The summed E-state index contributed by atoms with van der Waals surface area (Å²) in [6.45, 7) is 0. The molecular weight excluding hydrogens is 1070 g/mol. The summed E-state index contributed by atoms with van der Waals surface area (Å²) in [5.74, 6) is 1.83. The minimum Gasteiger partial charge on any atom is -0.354 e. The van der Waals surface area contributed by atoms with E-state index in [4.69, 9.17) is 9.97 Å². The largest absolute Gasteiger partial charge is 0.519 e. The second kappa shape index (κ2) is 20.5. The van der Waals surface area contributed by atoms with Gasteiger partial charge in [0.15, 0.2) is 0 Å². The molecule has 2 N–H and O–H groups in total. The molecule has 0 aliphatic carbocycles. The van der Waals surface area contributed by atoms with E-state index in [0.29, 0.717) is 0 Å². The Bertz CT molecular complexity index is 5260. The second-order valence-corrected chi connectivity index (χ2v) is 22.1. The van der Waals surface area contributed by atoms with Crippen molar-refractivity contribution in [3.05, 3.63) is 314 Å². The molecule has 0 atom stereocenters. The summed E-state index contributed by atoms with van der Waals surface area (Å²) in [5, 5.41) is 7.26. The summed E-state index contributed by atoms with van der Waals surface area (Å²) in [7, 11) is -0.0992. The van der Waals surface area contributed by atoms with E-state index in [0.717, 1.165) is 108 Å². The fourth-order valence-corrected chi connectivity index (χ4v) is 13.2. The molecule has 0 bridgehead atoms. The number of anilines is 10. The Balaban J connectivity index is 0.000000136. The first-order valence-corrected chi connectivity index (χ1v) is 29.5. The molecule has 18 rings (SSSR count). The van der Waals surface area contributed by atoms with E-state index < -0.39 is 0 Å². The van der Waals surface area contributed by atoms with Crippen LogP contribution in [0.1, 0.15) is 11.1 Å². The van der Waals surface area contributed by atoms with E-state index in [9.17, 15) is 0 Å². The van der Waals surface area contributed by atoms with Gasteiger partial charge in [0.05, 0.1) is 83.9 Å². The van der Waals surface area contributed by atoms with Crippen LogP contribution >= 0.6 is 0 Å². The molecule has 0 radical (unpaired) electrons. The van der Waals surface area contributed by atoms with Gasteiger partial charge < -0.3 is 25.1 Å². The number of nitrogens with zero attached hydrogens (tertiary/aromatic N) is 9. The first kappa shape index (κ1) is 49.8. The Hall–Kier alpha value is -11.8.